The summed E-state index contributed by atoms with van der Waals surface area (Å²) < 4.78 is 5.85. The van der Waals surface area contributed by atoms with Crippen LogP contribution in [0.1, 0.15) is 25.5 Å². The van der Waals surface area contributed by atoms with Gasteiger partial charge in [-0.25, -0.2) is 0 Å². The fraction of sp³-hybridized carbons (Fsp3) is 0.500. The Morgan fingerprint density at radius 1 is 1.32 bits per heavy atom. The summed E-state index contributed by atoms with van der Waals surface area (Å²) in [7, 11) is 1.86. The number of nitrogens with zero attached hydrogens (tertiary/aromatic N) is 2. The number of furan rings is 1. The lowest BCUT2D eigenvalue weighted by Gasteiger charge is -2.32. The first-order valence-corrected chi connectivity index (χ1v) is 8.19. The fourth-order valence-electron chi connectivity index (χ4n) is 3.01. The molecule has 0 bridgehead atoms. The van der Waals surface area contributed by atoms with Crippen molar-refractivity contribution in [3.8, 4) is 0 Å². The topological polar surface area (TPSA) is 40.8 Å². The number of aliphatic imine (C=N–C) groups is 1. The Kier molecular flexibility index (Phi) is 4.66. The minimum atomic E-state index is 0.838. The average molecular weight is 299 g/mol. The second-order valence-corrected chi connectivity index (χ2v) is 6.14. The first kappa shape index (κ1) is 14.9. The van der Waals surface area contributed by atoms with Crippen LogP contribution in [-0.2, 0) is 6.42 Å². The van der Waals surface area contributed by atoms with Gasteiger partial charge in [-0.15, -0.1) is 0 Å². The predicted molar refractivity (Wildman–Crippen MR) is 91.3 cm³/mol. The summed E-state index contributed by atoms with van der Waals surface area (Å²) in [5, 5.41) is 4.64. The number of benzene rings is 1. The van der Waals surface area contributed by atoms with Gasteiger partial charge in [-0.05, 0) is 30.9 Å². The van der Waals surface area contributed by atoms with Crippen LogP contribution in [0.4, 0.5) is 0 Å². The summed E-state index contributed by atoms with van der Waals surface area (Å²) in [6, 6.07) is 10.3. The Hall–Kier alpha value is -1.97. The molecule has 1 saturated heterocycles. The van der Waals surface area contributed by atoms with E-state index in [1.54, 1.807) is 0 Å². The van der Waals surface area contributed by atoms with Crippen molar-refractivity contribution in [1.29, 1.82) is 0 Å². The molecule has 1 N–H and O–H groups in total. The molecule has 0 atom stereocenters. The maximum Gasteiger partial charge on any atom is 0.193 e. The van der Waals surface area contributed by atoms with Crippen LogP contribution in [0.5, 0.6) is 0 Å². The van der Waals surface area contributed by atoms with Gasteiger partial charge in [-0.1, -0.05) is 25.1 Å². The van der Waals surface area contributed by atoms with Gasteiger partial charge in [-0.3, -0.25) is 4.99 Å². The minimum Gasteiger partial charge on any atom is -0.461 e. The van der Waals surface area contributed by atoms with Gasteiger partial charge in [0.25, 0.3) is 0 Å². The number of piperidine rings is 1. The molecule has 4 nitrogen and oxygen atoms in total. The summed E-state index contributed by atoms with van der Waals surface area (Å²) in [5.74, 6) is 2.88. The summed E-state index contributed by atoms with van der Waals surface area (Å²) in [4.78, 5) is 6.77. The number of para-hydroxylation sites is 1. The van der Waals surface area contributed by atoms with Crippen LogP contribution in [0.15, 0.2) is 39.7 Å². The van der Waals surface area contributed by atoms with Gasteiger partial charge in [0.2, 0.25) is 0 Å². The van der Waals surface area contributed by atoms with Gasteiger partial charge in [0, 0.05) is 38.5 Å². The Labute approximate surface area is 132 Å². The molecule has 0 radical (unpaired) electrons. The van der Waals surface area contributed by atoms with Gasteiger partial charge >= 0.3 is 0 Å². The zero-order valence-electron chi connectivity index (χ0n) is 13.5. The quantitative estimate of drug-likeness (QED) is 0.698. The molecule has 0 spiro atoms. The van der Waals surface area contributed by atoms with Crippen molar-refractivity contribution >= 4 is 16.9 Å². The summed E-state index contributed by atoms with van der Waals surface area (Å²) >= 11 is 0. The molecule has 1 aromatic heterocycles. The molecule has 0 amide bonds. The van der Waals surface area contributed by atoms with Crippen LogP contribution >= 0.6 is 0 Å². The third kappa shape index (κ3) is 3.43. The van der Waals surface area contributed by atoms with Crippen molar-refractivity contribution < 1.29 is 4.42 Å². The lowest BCUT2D eigenvalue weighted by molar-refractivity contribution is 0.273. The van der Waals surface area contributed by atoms with Crippen molar-refractivity contribution in [2.75, 3.05) is 26.7 Å². The number of nitrogens with one attached hydrogen (secondary N) is 1. The molecule has 22 heavy (non-hydrogen) atoms. The van der Waals surface area contributed by atoms with E-state index >= 15 is 0 Å². The third-order valence-electron chi connectivity index (χ3n) is 4.43. The Balaban J connectivity index is 1.53. The molecule has 3 rings (SSSR count). The summed E-state index contributed by atoms with van der Waals surface area (Å²) in [6.07, 6.45) is 3.38. The van der Waals surface area contributed by atoms with E-state index in [0.29, 0.717) is 0 Å². The van der Waals surface area contributed by atoms with E-state index in [1.807, 2.05) is 25.2 Å². The predicted octanol–water partition coefficient (Wildman–Crippen LogP) is 3.28. The molecule has 1 aliphatic heterocycles. The molecule has 2 aromatic rings. The van der Waals surface area contributed by atoms with Crippen molar-refractivity contribution in [3.63, 3.8) is 0 Å². The Morgan fingerprint density at radius 2 is 2.09 bits per heavy atom. The van der Waals surface area contributed by atoms with Crippen LogP contribution < -0.4 is 5.32 Å². The van der Waals surface area contributed by atoms with Gasteiger partial charge in [0.15, 0.2) is 5.96 Å². The van der Waals surface area contributed by atoms with E-state index in [1.165, 1.54) is 18.2 Å². The number of hydrogen-bond donors (Lipinski definition) is 1. The fourth-order valence-corrected chi connectivity index (χ4v) is 3.01. The van der Waals surface area contributed by atoms with E-state index in [4.69, 9.17) is 4.42 Å². The molecule has 0 saturated carbocycles. The Morgan fingerprint density at radius 3 is 2.82 bits per heavy atom. The Bertz CT molecular complexity index is 606. The van der Waals surface area contributed by atoms with Crippen LogP contribution in [0.2, 0.25) is 0 Å². The van der Waals surface area contributed by atoms with Crippen molar-refractivity contribution in [3.05, 3.63) is 36.1 Å². The minimum absolute atomic E-state index is 0.838. The molecule has 2 heterocycles. The van der Waals surface area contributed by atoms with Crippen LogP contribution in [0, 0.1) is 5.92 Å². The number of fused-ring (bicyclic) bond motifs is 1. The summed E-state index contributed by atoms with van der Waals surface area (Å²) in [6.45, 7) is 5.38. The van der Waals surface area contributed by atoms with E-state index in [9.17, 15) is 0 Å². The molecule has 118 valence electrons. The van der Waals surface area contributed by atoms with Gasteiger partial charge in [0.05, 0.1) is 0 Å². The zero-order valence-corrected chi connectivity index (χ0v) is 13.5. The smallest absolute Gasteiger partial charge is 0.193 e. The third-order valence-corrected chi connectivity index (χ3v) is 4.43. The molecule has 0 unspecified atom stereocenters. The first-order valence-electron chi connectivity index (χ1n) is 8.19. The monoisotopic (exact) mass is 299 g/mol. The normalized spacial score (nSPS) is 17.2. The van der Waals surface area contributed by atoms with Crippen molar-refractivity contribution in [1.82, 2.24) is 10.2 Å². The number of likely N-dealkylation sites (tertiary alicyclic amines) is 1. The van der Waals surface area contributed by atoms with E-state index in [2.05, 4.69) is 34.3 Å². The standard InChI is InChI=1S/C18H25N3O/c1-14-8-11-21(12-9-14)18(19-2)20-10-7-16-13-15-5-3-4-6-17(15)22-16/h3-6,13-14H,7-12H2,1-2H3,(H,19,20). The van der Waals surface area contributed by atoms with Crippen molar-refractivity contribution in [2.24, 2.45) is 10.9 Å². The largest absolute Gasteiger partial charge is 0.461 e. The molecule has 0 aliphatic carbocycles. The maximum absolute atomic E-state index is 5.85. The molecular weight excluding hydrogens is 274 g/mol. The molecule has 4 heteroatoms. The van der Waals surface area contributed by atoms with Gasteiger partial charge in [-0.2, -0.15) is 0 Å². The van der Waals surface area contributed by atoms with E-state index in [-0.39, 0.29) is 0 Å². The number of hydrogen-bond acceptors (Lipinski definition) is 2. The highest BCUT2D eigenvalue weighted by Gasteiger charge is 2.18. The lowest BCUT2D eigenvalue weighted by Crippen LogP contribution is -2.45. The molecule has 1 aliphatic rings. The second kappa shape index (κ2) is 6.86. The van der Waals surface area contributed by atoms with Crippen LogP contribution in [0.25, 0.3) is 11.0 Å². The second-order valence-electron chi connectivity index (χ2n) is 6.14. The van der Waals surface area contributed by atoms with E-state index in [0.717, 1.165) is 49.3 Å². The molecule has 1 fully saturated rings. The van der Waals surface area contributed by atoms with E-state index < -0.39 is 0 Å². The van der Waals surface area contributed by atoms with Gasteiger partial charge in [0.1, 0.15) is 11.3 Å². The SMILES string of the molecule is CN=C(NCCc1cc2ccccc2o1)N1CCC(C)CC1. The number of rotatable bonds is 3. The zero-order chi connectivity index (χ0) is 15.4. The highest BCUT2D eigenvalue weighted by molar-refractivity contribution is 5.80. The lowest BCUT2D eigenvalue weighted by atomic mass is 10.00. The molecule has 1 aromatic carbocycles. The van der Waals surface area contributed by atoms with Crippen LogP contribution in [0.3, 0.4) is 0 Å². The first-order chi connectivity index (χ1) is 10.8. The summed E-state index contributed by atoms with van der Waals surface area (Å²) in [5.41, 5.74) is 0.965. The number of guanidine groups is 1. The van der Waals surface area contributed by atoms with Crippen molar-refractivity contribution in [2.45, 2.75) is 26.2 Å². The highest BCUT2D eigenvalue weighted by Crippen LogP contribution is 2.19. The highest BCUT2D eigenvalue weighted by atomic mass is 16.3. The average Bonchev–Trinajstić information content (AvgIpc) is 2.95. The maximum atomic E-state index is 5.85. The van der Waals surface area contributed by atoms with Crippen LogP contribution in [-0.4, -0.2) is 37.5 Å². The molecular formula is C18H25N3O. The van der Waals surface area contributed by atoms with Gasteiger partial charge < -0.3 is 14.6 Å².